The fourth-order valence-electron chi connectivity index (χ4n) is 2.32. The molecule has 1 N–H and O–H groups in total. The molecular weight excluding hydrogens is 310 g/mol. The molecule has 112 valence electrons. The highest BCUT2D eigenvalue weighted by Crippen LogP contribution is 2.23. The average molecular weight is 332 g/mol. The minimum atomic E-state index is 0.789. The SMILES string of the molecule is CN=C(NCC1CCSCC1)N(C)Cc1ccc(Cl)s1. The van der Waals surface area contributed by atoms with E-state index in [9.17, 15) is 0 Å². The average Bonchev–Trinajstić information content (AvgIpc) is 2.86. The Morgan fingerprint density at radius 1 is 1.45 bits per heavy atom. The number of rotatable bonds is 4. The van der Waals surface area contributed by atoms with E-state index in [0.29, 0.717) is 0 Å². The quantitative estimate of drug-likeness (QED) is 0.675. The van der Waals surface area contributed by atoms with Gasteiger partial charge >= 0.3 is 0 Å². The zero-order chi connectivity index (χ0) is 14.4. The standard InChI is InChI=1S/C14H22ClN3S2/c1-16-14(17-9-11-5-7-19-8-6-11)18(2)10-12-3-4-13(15)20-12/h3-4,11H,5-10H2,1-2H3,(H,16,17). The van der Waals surface area contributed by atoms with E-state index in [1.807, 2.05) is 13.1 Å². The predicted molar refractivity (Wildman–Crippen MR) is 92.2 cm³/mol. The summed E-state index contributed by atoms with van der Waals surface area (Å²) in [4.78, 5) is 7.78. The van der Waals surface area contributed by atoms with Crippen LogP contribution >= 0.6 is 34.7 Å². The summed E-state index contributed by atoms with van der Waals surface area (Å²) in [6.07, 6.45) is 2.64. The van der Waals surface area contributed by atoms with Crippen LogP contribution in [0.1, 0.15) is 17.7 Å². The molecule has 0 atom stereocenters. The molecule has 1 aliphatic rings. The third-order valence-electron chi connectivity index (χ3n) is 3.48. The van der Waals surface area contributed by atoms with E-state index in [2.05, 4.69) is 40.1 Å². The van der Waals surface area contributed by atoms with Gasteiger partial charge in [-0.15, -0.1) is 11.3 Å². The van der Waals surface area contributed by atoms with Gasteiger partial charge in [-0.25, -0.2) is 0 Å². The summed E-state index contributed by atoms with van der Waals surface area (Å²) in [6, 6.07) is 4.03. The molecule has 2 rings (SSSR count). The Hall–Kier alpha value is -0.390. The first kappa shape index (κ1) is 16.0. The van der Waals surface area contributed by atoms with Gasteiger partial charge in [-0.3, -0.25) is 4.99 Å². The fraction of sp³-hybridized carbons (Fsp3) is 0.643. The second-order valence-electron chi connectivity index (χ2n) is 5.05. The monoisotopic (exact) mass is 331 g/mol. The van der Waals surface area contributed by atoms with Crippen LogP contribution in [-0.2, 0) is 6.54 Å². The van der Waals surface area contributed by atoms with Gasteiger partial charge in [-0.1, -0.05) is 11.6 Å². The summed E-state index contributed by atoms with van der Waals surface area (Å²) < 4.78 is 0.844. The molecule has 0 spiro atoms. The number of halogens is 1. The lowest BCUT2D eigenvalue weighted by Crippen LogP contribution is -2.41. The maximum absolute atomic E-state index is 5.97. The van der Waals surface area contributed by atoms with Crippen molar-refractivity contribution in [3.8, 4) is 0 Å². The van der Waals surface area contributed by atoms with Gasteiger partial charge in [-0.05, 0) is 42.4 Å². The molecule has 6 heteroatoms. The van der Waals surface area contributed by atoms with Crippen LogP contribution in [-0.4, -0.2) is 43.0 Å². The molecule has 0 unspecified atom stereocenters. The molecule has 3 nitrogen and oxygen atoms in total. The molecule has 0 aromatic carbocycles. The molecular formula is C14H22ClN3S2. The minimum Gasteiger partial charge on any atom is -0.356 e. The lowest BCUT2D eigenvalue weighted by Gasteiger charge is -2.26. The summed E-state index contributed by atoms with van der Waals surface area (Å²) in [6.45, 7) is 1.88. The molecule has 1 aliphatic heterocycles. The highest BCUT2D eigenvalue weighted by molar-refractivity contribution is 7.99. The van der Waals surface area contributed by atoms with Crippen LogP contribution < -0.4 is 5.32 Å². The van der Waals surface area contributed by atoms with Crippen LogP contribution in [0.2, 0.25) is 4.34 Å². The van der Waals surface area contributed by atoms with Crippen molar-refractivity contribution in [2.45, 2.75) is 19.4 Å². The second kappa shape index (κ2) is 8.15. The molecule has 0 aliphatic carbocycles. The van der Waals surface area contributed by atoms with Crippen LogP contribution in [0.4, 0.5) is 0 Å². The van der Waals surface area contributed by atoms with Gasteiger partial charge in [0.05, 0.1) is 10.9 Å². The summed E-state index contributed by atoms with van der Waals surface area (Å²) in [7, 11) is 3.91. The summed E-state index contributed by atoms with van der Waals surface area (Å²) in [5.41, 5.74) is 0. The number of hydrogen-bond acceptors (Lipinski definition) is 3. The van der Waals surface area contributed by atoms with Gasteiger partial charge in [0, 0.05) is 25.5 Å². The van der Waals surface area contributed by atoms with E-state index in [1.165, 1.54) is 29.2 Å². The van der Waals surface area contributed by atoms with Gasteiger partial charge < -0.3 is 10.2 Å². The van der Waals surface area contributed by atoms with E-state index in [1.54, 1.807) is 11.3 Å². The number of nitrogens with zero attached hydrogens (tertiary/aromatic N) is 2. The molecule has 2 heterocycles. The Balaban J connectivity index is 1.81. The number of thioether (sulfide) groups is 1. The predicted octanol–water partition coefficient (Wildman–Crippen LogP) is 3.55. The molecule has 1 fully saturated rings. The van der Waals surface area contributed by atoms with Crippen molar-refractivity contribution in [3.63, 3.8) is 0 Å². The Morgan fingerprint density at radius 2 is 2.20 bits per heavy atom. The summed E-state index contributed by atoms with van der Waals surface area (Å²) in [5.74, 6) is 4.36. The van der Waals surface area contributed by atoms with Crippen molar-refractivity contribution in [2.24, 2.45) is 10.9 Å². The number of aliphatic imine (C=N–C) groups is 1. The fourth-order valence-corrected chi connectivity index (χ4v) is 4.66. The van der Waals surface area contributed by atoms with Gasteiger partial charge in [0.1, 0.15) is 0 Å². The smallest absolute Gasteiger partial charge is 0.193 e. The Bertz CT molecular complexity index is 441. The first-order chi connectivity index (χ1) is 9.69. The Kier molecular flexibility index (Phi) is 6.52. The van der Waals surface area contributed by atoms with Crippen LogP contribution in [0.3, 0.4) is 0 Å². The molecule has 0 radical (unpaired) electrons. The van der Waals surface area contributed by atoms with Crippen LogP contribution in [0.5, 0.6) is 0 Å². The highest BCUT2D eigenvalue weighted by atomic mass is 35.5. The largest absolute Gasteiger partial charge is 0.356 e. The Morgan fingerprint density at radius 3 is 2.80 bits per heavy atom. The van der Waals surface area contributed by atoms with Gasteiger partial charge in [0.25, 0.3) is 0 Å². The summed E-state index contributed by atoms with van der Waals surface area (Å²) >= 11 is 9.67. The van der Waals surface area contributed by atoms with E-state index < -0.39 is 0 Å². The third-order valence-corrected chi connectivity index (χ3v) is 5.75. The molecule has 1 aromatic heterocycles. The zero-order valence-corrected chi connectivity index (χ0v) is 14.5. The second-order valence-corrected chi connectivity index (χ2v) is 8.07. The minimum absolute atomic E-state index is 0.789. The van der Waals surface area contributed by atoms with Gasteiger partial charge in [0.15, 0.2) is 5.96 Å². The van der Waals surface area contributed by atoms with Crippen molar-refractivity contribution in [1.29, 1.82) is 0 Å². The van der Waals surface area contributed by atoms with Gasteiger partial charge in [0.2, 0.25) is 0 Å². The molecule has 1 saturated heterocycles. The van der Waals surface area contributed by atoms with Crippen molar-refractivity contribution < 1.29 is 0 Å². The van der Waals surface area contributed by atoms with Crippen molar-refractivity contribution in [1.82, 2.24) is 10.2 Å². The van der Waals surface area contributed by atoms with Crippen LogP contribution in [0.15, 0.2) is 17.1 Å². The van der Waals surface area contributed by atoms with E-state index in [4.69, 9.17) is 11.6 Å². The first-order valence-corrected chi connectivity index (χ1v) is 9.27. The number of thiophene rings is 1. The van der Waals surface area contributed by atoms with Crippen molar-refractivity contribution in [3.05, 3.63) is 21.3 Å². The van der Waals surface area contributed by atoms with Crippen LogP contribution in [0, 0.1) is 5.92 Å². The van der Waals surface area contributed by atoms with Crippen LogP contribution in [0.25, 0.3) is 0 Å². The lowest BCUT2D eigenvalue weighted by atomic mass is 10.0. The maximum Gasteiger partial charge on any atom is 0.193 e. The van der Waals surface area contributed by atoms with Gasteiger partial charge in [-0.2, -0.15) is 11.8 Å². The topological polar surface area (TPSA) is 27.6 Å². The Labute approximate surface area is 134 Å². The first-order valence-electron chi connectivity index (χ1n) is 6.92. The molecule has 0 bridgehead atoms. The maximum atomic E-state index is 5.97. The summed E-state index contributed by atoms with van der Waals surface area (Å²) in [5, 5.41) is 3.50. The number of guanidine groups is 1. The third kappa shape index (κ3) is 4.86. The number of nitrogens with one attached hydrogen (secondary N) is 1. The molecule has 20 heavy (non-hydrogen) atoms. The zero-order valence-electron chi connectivity index (χ0n) is 12.1. The molecule has 1 aromatic rings. The number of hydrogen-bond donors (Lipinski definition) is 1. The molecule has 0 saturated carbocycles. The normalized spacial score (nSPS) is 17.2. The van der Waals surface area contributed by atoms with Crippen molar-refractivity contribution >= 4 is 40.7 Å². The van der Waals surface area contributed by atoms with E-state index in [0.717, 1.165) is 29.3 Å². The van der Waals surface area contributed by atoms with E-state index >= 15 is 0 Å². The lowest BCUT2D eigenvalue weighted by molar-refractivity contribution is 0.442. The highest BCUT2D eigenvalue weighted by Gasteiger charge is 2.15. The van der Waals surface area contributed by atoms with E-state index in [-0.39, 0.29) is 0 Å². The van der Waals surface area contributed by atoms with Crippen molar-refractivity contribution in [2.75, 3.05) is 32.1 Å². The molecule has 0 amide bonds.